The molecule has 0 amide bonds. The minimum Gasteiger partial charge on any atom is -0.472 e. The summed E-state index contributed by atoms with van der Waals surface area (Å²) in [6.07, 6.45) is 6.83. The van der Waals surface area contributed by atoms with E-state index < -0.39 is 0 Å². The molecule has 0 spiro atoms. The summed E-state index contributed by atoms with van der Waals surface area (Å²) < 4.78 is 5.00. The van der Waals surface area contributed by atoms with E-state index in [1.165, 1.54) is 17.7 Å². The van der Waals surface area contributed by atoms with Crippen LogP contribution >= 0.6 is 11.8 Å². The van der Waals surface area contributed by atoms with E-state index >= 15 is 0 Å². The lowest BCUT2D eigenvalue weighted by Crippen LogP contribution is -2.29. The first-order valence-corrected chi connectivity index (χ1v) is 5.99. The maximum Gasteiger partial charge on any atom is 0.0947 e. The van der Waals surface area contributed by atoms with Crippen LogP contribution in [0.3, 0.4) is 0 Å². The fraction of sp³-hybridized carbons (Fsp3) is 0.600. The van der Waals surface area contributed by atoms with Gasteiger partial charge in [-0.1, -0.05) is 6.92 Å². The van der Waals surface area contributed by atoms with Crippen LogP contribution < -0.4 is 5.32 Å². The second kappa shape index (κ2) is 6.11. The van der Waals surface area contributed by atoms with Crippen molar-refractivity contribution in [2.45, 2.75) is 25.9 Å². The van der Waals surface area contributed by atoms with Gasteiger partial charge in [0.25, 0.3) is 0 Å². The molecular weight excluding hydrogens is 182 g/mol. The summed E-state index contributed by atoms with van der Waals surface area (Å²) in [4.78, 5) is 0. The Kier molecular flexibility index (Phi) is 5.01. The van der Waals surface area contributed by atoms with Crippen LogP contribution in [0, 0.1) is 0 Å². The Morgan fingerprint density at radius 3 is 3.00 bits per heavy atom. The van der Waals surface area contributed by atoms with Crippen molar-refractivity contribution >= 4 is 11.8 Å². The van der Waals surface area contributed by atoms with Crippen LogP contribution in [0.25, 0.3) is 0 Å². The number of hydrogen-bond donors (Lipinski definition) is 1. The highest BCUT2D eigenvalue weighted by atomic mass is 32.2. The fourth-order valence-electron chi connectivity index (χ4n) is 1.18. The minimum atomic E-state index is 0.616. The molecule has 1 atom stereocenters. The Morgan fingerprint density at radius 2 is 2.46 bits per heavy atom. The zero-order chi connectivity index (χ0) is 9.52. The van der Waals surface area contributed by atoms with Gasteiger partial charge in [0, 0.05) is 23.9 Å². The third-order valence-electron chi connectivity index (χ3n) is 2.04. The van der Waals surface area contributed by atoms with Crippen LogP contribution in [0.15, 0.2) is 23.0 Å². The molecule has 0 radical (unpaired) electrons. The maximum absolute atomic E-state index is 5.00. The van der Waals surface area contributed by atoms with Crippen molar-refractivity contribution in [2.24, 2.45) is 0 Å². The number of hydrogen-bond acceptors (Lipinski definition) is 3. The third kappa shape index (κ3) is 3.87. The molecule has 1 N–H and O–H groups in total. The highest BCUT2D eigenvalue weighted by molar-refractivity contribution is 7.98. The van der Waals surface area contributed by atoms with Gasteiger partial charge >= 0.3 is 0 Å². The second-order valence-corrected chi connectivity index (χ2v) is 3.98. The van der Waals surface area contributed by atoms with Gasteiger partial charge in [0.15, 0.2) is 0 Å². The summed E-state index contributed by atoms with van der Waals surface area (Å²) in [5.41, 5.74) is 1.22. The number of nitrogens with one attached hydrogen (secondary N) is 1. The van der Waals surface area contributed by atoms with Gasteiger partial charge in [-0.15, -0.1) is 0 Å². The predicted molar refractivity (Wildman–Crippen MR) is 58.0 cm³/mol. The van der Waals surface area contributed by atoms with Crippen molar-refractivity contribution < 1.29 is 4.42 Å². The molecule has 74 valence electrons. The third-order valence-corrected chi connectivity index (χ3v) is 2.77. The fourth-order valence-corrected chi connectivity index (χ4v) is 1.93. The quantitative estimate of drug-likeness (QED) is 0.762. The summed E-state index contributed by atoms with van der Waals surface area (Å²) in [5.74, 6) is 1.17. The van der Waals surface area contributed by atoms with Crippen LogP contribution in [0.2, 0.25) is 0 Å². The molecule has 0 fully saturated rings. The molecule has 13 heavy (non-hydrogen) atoms. The topological polar surface area (TPSA) is 25.2 Å². The molecular formula is C10H17NOS. The second-order valence-electron chi connectivity index (χ2n) is 3.07. The zero-order valence-corrected chi connectivity index (χ0v) is 9.06. The van der Waals surface area contributed by atoms with Crippen molar-refractivity contribution in [2.75, 3.05) is 12.0 Å². The van der Waals surface area contributed by atoms with Crippen LogP contribution in [-0.4, -0.2) is 18.1 Å². The first-order valence-electron chi connectivity index (χ1n) is 4.60. The average Bonchev–Trinajstić information content (AvgIpc) is 2.64. The predicted octanol–water partition coefficient (Wildman–Crippen LogP) is 2.51. The summed E-state index contributed by atoms with van der Waals surface area (Å²) >= 11 is 1.89. The SMILES string of the molecule is CCC(CSC)NCc1ccoc1. The molecule has 0 aliphatic rings. The molecule has 0 aliphatic heterocycles. The standard InChI is InChI=1S/C10H17NOS/c1-3-10(8-13-2)11-6-9-4-5-12-7-9/h4-5,7,10-11H,3,6,8H2,1-2H3. The van der Waals surface area contributed by atoms with E-state index in [0.29, 0.717) is 6.04 Å². The van der Waals surface area contributed by atoms with E-state index in [1.807, 2.05) is 17.8 Å². The van der Waals surface area contributed by atoms with E-state index in [4.69, 9.17) is 4.42 Å². The molecule has 1 aromatic heterocycles. The number of furan rings is 1. The molecule has 1 unspecified atom stereocenters. The van der Waals surface area contributed by atoms with Crippen LogP contribution in [-0.2, 0) is 6.54 Å². The Labute approximate surface area is 84.1 Å². The van der Waals surface area contributed by atoms with E-state index in [9.17, 15) is 0 Å². The van der Waals surface area contributed by atoms with Gasteiger partial charge in [-0.25, -0.2) is 0 Å². The van der Waals surface area contributed by atoms with Gasteiger partial charge in [0.05, 0.1) is 12.5 Å². The van der Waals surface area contributed by atoms with Crippen molar-refractivity contribution in [1.29, 1.82) is 0 Å². The normalized spacial score (nSPS) is 13.1. The van der Waals surface area contributed by atoms with E-state index in [2.05, 4.69) is 18.5 Å². The Morgan fingerprint density at radius 1 is 1.62 bits per heavy atom. The largest absolute Gasteiger partial charge is 0.472 e. The van der Waals surface area contributed by atoms with E-state index in [-0.39, 0.29) is 0 Å². The monoisotopic (exact) mass is 199 g/mol. The maximum atomic E-state index is 5.00. The van der Waals surface area contributed by atoms with Gasteiger partial charge in [-0.2, -0.15) is 11.8 Å². The first-order chi connectivity index (χ1) is 6.36. The molecule has 0 saturated carbocycles. The molecule has 0 aliphatic carbocycles. The summed E-state index contributed by atoms with van der Waals surface area (Å²) in [6.45, 7) is 3.12. The van der Waals surface area contributed by atoms with Crippen molar-refractivity contribution in [3.05, 3.63) is 24.2 Å². The zero-order valence-electron chi connectivity index (χ0n) is 8.25. The van der Waals surface area contributed by atoms with Gasteiger partial charge in [-0.3, -0.25) is 0 Å². The van der Waals surface area contributed by atoms with Crippen molar-refractivity contribution in [3.63, 3.8) is 0 Å². The molecule has 1 heterocycles. The molecule has 0 bridgehead atoms. The van der Waals surface area contributed by atoms with Crippen molar-refractivity contribution in [1.82, 2.24) is 5.32 Å². The average molecular weight is 199 g/mol. The smallest absolute Gasteiger partial charge is 0.0947 e. The minimum absolute atomic E-state index is 0.616. The summed E-state index contributed by atoms with van der Waals surface area (Å²) in [7, 11) is 0. The highest BCUT2D eigenvalue weighted by Gasteiger charge is 2.04. The number of thioether (sulfide) groups is 1. The Hall–Kier alpha value is -0.410. The Bertz CT molecular complexity index is 211. The van der Waals surface area contributed by atoms with Gasteiger partial charge < -0.3 is 9.73 Å². The first kappa shape index (κ1) is 10.7. The molecule has 3 heteroatoms. The lowest BCUT2D eigenvalue weighted by atomic mass is 10.2. The van der Waals surface area contributed by atoms with E-state index in [1.54, 1.807) is 12.5 Å². The number of rotatable bonds is 6. The Balaban J connectivity index is 2.23. The molecule has 0 aromatic carbocycles. The molecule has 1 rings (SSSR count). The van der Waals surface area contributed by atoms with Crippen LogP contribution in [0.5, 0.6) is 0 Å². The summed E-state index contributed by atoms with van der Waals surface area (Å²) in [5, 5.41) is 3.49. The van der Waals surface area contributed by atoms with Gasteiger partial charge in [0.2, 0.25) is 0 Å². The van der Waals surface area contributed by atoms with Gasteiger partial charge in [-0.05, 0) is 18.7 Å². The summed E-state index contributed by atoms with van der Waals surface area (Å²) in [6, 6.07) is 2.61. The van der Waals surface area contributed by atoms with Crippen LogP contribution in [0.4, 0.5) is 0 Å². The van der Waals surface area contributed by atoms with Crippen LogP contribution in [0.1, 0.15) is 18.9 Å². The van der Waals surface area contributed by atoms with Gasteiger partial charge in [0.1, 0.15) is 0 Å². The molecule has 2 nitrogen and oxygen atoms in total. The highest BCUT2D eigenvalue weighted by Crippen LogP contribution is 2.04. The lowest BCUT2D eigenvalue weighted by molar-refractivity contribution is 0.530. The van der Waals surface area contributed by atoms with E-state index in [0.717, 1.165) is 6.54 Å². The molecule has 0 saturated heterocycles. The van der Waals surface area contributed by atoms with Crippen molar-refractivity contribution in [3.8, 4) is 0 Å². The molecule has 1 aromatic rings. The lowest BCUT2D eigenvalue weighted by Gasteiger charge is -2.14.